The van der Waals surface area contributed by atoms with Crippen molar-refractivity contribution in [2.75, 3.05) is 0 Å². The van der Waals surface area contributed by atoms with Gasteiger partial charge in [-0.05, 0) is 176 Å². The largest absolute Gasteiger partial charge is 0.208 e. The van der Waals surface area contributed by atoms with Crippen LogP contribution in [0.15, 0.2) is 346 Å². The monoisotopic (exact) mass is 1160 g/mol. The molecule has 0 radical (unpaired) electrons. The molecule has 14 aromatic carbocycles. The zero-order chi connectivity index (χ0) is 60.2. The quantitative estimate of drug-likeness (QED) is 0.130. The molecule has 1 spiro atoms. The highest BCUT2D eigenvalue weighted by molar-refractivity contribution is 5.96. The minimum atomic E-state index is -0.396. The molecular formula is C88H57N3. The maximum absolute atomic E-state index is 5.27. The second-order valence-electron chi connectivity index (χ2n) is 23.8. The van der Waals surface area contributed by atoms with Crippen molar-refractivity contribution in [2.45, 2.75) is 5.41 Å². The molecule has 0 saturated heterocycles. The van der Waals surface area contributed by atoms with Crippen LogP contribution in [0.2, 0.25) is 0 Å². The van der Waals surface area contributed by atoms with Crippen LogP contribution < -0.4 is 0 Å². The molecule has 0 N–H and O–H groups in total. The highest BCUT2D eigenvalue weighted by Crippen LogP contribution is 2.63. The van der Waals surface area contributed by atoms with Crippen LogP contribution in [0.25, 0.3) is 145 Å². The van der Waals surface area contributed by atoms with Gasteiger partial charge in [0, 0.05) is 16.7 Å². The summed E-state index contributed by atoms with van der Waals surface area (Å²) in [5.41, 5.74) is 31.4. The van der Waals surface area contributed by atoms with E-state index in [9.17, 15) is 0 Å². The Labute approximate surface area is 530 Å². The van der Waals surface area contributed by atoms with E-state index >= 15 is 0 Å². The number of benzene rings is 14. The summed E-state index contributed by atoms with van der Waals surface area (Å²) in [7, 11) is 0. The molecule has 0 atom stereocenters. The smallest absolute Gasteiger partial charge is 0.164 e. The van der Waals surface area contributed by atoms with E-state index in [0.717, 1.165) is 61.2 Å². The number of fused-ring (bicyclic) bond motifs is 10. The van der Waals surface area contributed by atoms with Gasteiger partial charge >= 0.3 is 0 Å². The fourth-order valence-corrected chi connectivity index (χ4v) is 14.2. The van der Waals surface area contributed by atoms with Crippen molar-refractivity contribution in [3.05, 3.63) is 368 Å². The van der Waals surface area contributed by atoms with Crippen LogP contribution in [0.1, 0.15) is 22.3 Å². The Morgan fingerprint density at radius 2 is 0.363 bits per heavy atom. The van der Waals surface area contributed by atoms with Crippen molar-refractivity contribution in [1.82, 2.24) is 15.0 Å². The van der Waals surface area contributed by atoms with Gasteiger partial charge in [0.2, 0.25) is 0 Å². The third-order valence-electron chi connectivity index (χ3n) is 18.6. The molecule has 91 heavy (non-hydrogen) atoms. The second kappa shape index (κ2) is 22.4. The highest BCUT2D eigenvalue weighted by Gasteiger charge is 2.51. The van der Waals surface area contributed by atoms with Crippen molar-refractivity contribution in [3.63, 3.8) is 0 Å². The fraction of sp³-hybridized carbons (Fsp3) is 0.0114. The summed E-state index contributed by atoms with van der Waals surface area (Å²) < 4.78 is 0. The zero-order valence-corrected chi connectivity index (χ0v) is 49.8. The predicted octanol–water partition coefficient (Wildman–Crippen LogP) is 22.6. The third-order valence-corrected chi connectivity index (χ3v) is 18.6. The molecule has 424 valence electrons. The fourth-order valence-electron chi connectivity index (χ4n) is 14.2. The van der Waals surface area contributed by atoms with Crippen molar-refractivity contribution in [3.8, 4) is 145 Å². The Kier molecular flexibility index (Phi) is 13.1. The summed E-state index contributed by atoms with van der Waals surface area (Å²) >= 11 is 0. The van der Waals surface area contributed by atoms with Gasteiger partial charge < -0.3 is 0 Å². The van der Waals surface area contributed by atoms with Crippen molar-refractivity contribution >= 4 is 0 Å². The molecule has 1 heterocycles. The van der Waals surface area contributed by atoms with Gasteiger partial charge in [-0.2, -0.15) is 0 Å². The van der Waals surface area contributed by atoms with Gasteiger partial charge in [0.05, 0.1) is 5.41 Å². The van der Waals surface area contributed by atoms with Crippen LogP contribution in [0.3, 0.4) is 0 Å². The summed E-state index contributed by atoms with van der Waals surface area (Å²) in [5.74, 6) is 1.81. The molecule has 0 amide bonds. The first-order valence-corrected chi connectivity index (χ1v) is 31.2. The number of nitrogens with zero attached hydrogens (tertiary/aromatic N) is 3. The van der Waals surface area contributed by atoms with Gasteiger partial charge in [-0.1, -0.05) is 303 Å². The standard InChI is InChI=1S/C88H57N3/c1-3-19-58(20-4-1)64-23-13-27-68(51-64)69-28-15-25-66(53-69)60-41-45-62(46-42-60)85-89-86(91-87(90-85)76-34-18-33-74(56-76)71-30-14-24-65(52-71)59-21-5-2-6-22-59)63-47-43-61(44-48-63)67-26-16-29-70(54-67)72-31-17-32-73(55-72)75-49-50-80-79-37-9-12-40-83(79)88(84(80)57-75)81-38-10-7-35-77(81)78-36-8-11-39-82(78)88/h1-57H. The van der Waals surface area contributed by atoms with Crippen molar-refractivity contribution in [2.24, 2.45) is 0 Å². The first kappa shape index (κ1) is 53.3. The van der Waals surface area contributed by atoms with Gasteiger partial charge in [0.1, 0.15) is 0 Å². The Bertz CT molecular complexity index is 5210. The summed E-state index contributed by atoms with van der Waals surface area (Å²) in [6.07, 6.45) is 0. The first-order valence-electron chi connectivity index (χ1n) is 31.2. The van der Waals surface area contributed by atoms with Gasteiger partial charge in [-0.25, -0.2) is 15.0 Å². The zero-order valence-electron chi connectivity index (χ0n) is 49.8. The molecule has 0 aliphatic heterocycles. The molecule has 0 fully saturated rings. The molecule has 2 aliphatic rings. The maximum atomic E-state index is 5.27. The van der Waals surface area contributed by atoms with E-state index in [1.54, 1.807) is 0 Å². The van der Waals surface area contributed by atoms with E-state index in [2.05, 4.69) is 346 Å². The van der Waals surface area contributed by atoms with Crippen LogP contribution >= 0.6 is 0 Å². The highest BCUT2D eigenvalue weighted by atomic mass is 15.0. The summed E-state index contributed by atoms with van der Waals surface area (Å²) in [6, 6.07) is 125. The maximum Gasteiger partial charge on any atom is 0.164 e. The van der Waals surface area contributed by atoms with E-state index in [0.29, 0.717) is 17.5 Å². The van der Waals surface area contributed by atoms with E-state index in [-0.39, 0.29) is 0 Å². The number of hydrogen-bond acceptors (Lipinski definition) is 3. The summed E-state index contributed by atoms with van der Waals surface area (Å²) in [6.45, 7) is 0. The van der Waals surface area contributed by atoms with Crippen LogP contribution in [0, 0.1) is 0 Å². The first-order chi connectivity index (χ1) is 45.1. The lowest BCUT2D eigenvalue weighted by Gasteiger charge is -2.30. The van der Waals surface area contributed by atoms with E-state index in [4.69, 9.17) is 15.0 Å². The molecule has 2 aliphatic carbocycles. The van der Waals surface area contributed by atoms with E-state index in [1.165, 1.54) is 89.0 Å². The van der Waals surface area contributed by atoms with Crippen LogP contribution in [0.4, 0.5) is 0 Å². The van der Waals surface area contributed by atoms with Gasteiger partial charge in [0.25, 0.3) is 0 Å². The Morgan fingerprint density at radius 1 is 0.143 bits per heavy atom. The van der Waals surface area contributed by atoms with Gasteiger partial charge in [0.15, 0.2) is 17.5 Å². The average molecular weight is 1160 g/mol. The minimum absolute atomic E-state index is 0.396. The van der Waals surface area contributed by atoms with Gasteiger partial charge in [-0.3, -0.25) is 0 Å². The van der Waals surface area contributed by atoms with Crippen LogP contribution in [-0.4, -0.2) is 15.0 Å². The van der Waals surface area contributed by atoms with Crippen LogP contribution in [0.5, 0.6) is 0 Å². The van der Waals surface area contributed by atoms with Crippen molar-refractivity contribution < 1.29 is 0 Å². The van der Waals surface area contributed by atoms with Crippen LogP contribution in [-0.2, 0) is 5.41 Å². The molecule has 0 unspecified atom stereocenters. The van der Waals surface area contributed by atoms with Gasteiger partial charge in [-0.15, -0.1) is 0 Å². The molecule has 3 heteroatoms. The molecule has 1 aromatic heterocycles. The lowest BCUT2D eigenvalue weighted by atomic mass is 9.70. The number of hydrogen-bond donors (Lipinski definition) is 0. The topological polar surface area (TPSA) is 38.7 Å². The molecule has 17 rings (SSSR count). The minimum Gasteiger partial charge on any atom is -0.208 e. The number of rotatable bonds is 11. The number of aromatic nitrogens is 3. The molecule has 15 aromatic rings. The molecular weight excluding hydrogens is 1100 g/mol. The summed E-state index contributed by atoms with van der Waals surface area (Å²) in [4.78, 5) is 15.8. The van der Waals surface area contributed by atoms with E-state index < -0.39 is 5.41 Å². The third kappa shape index (κ3) is 9.51. The summed E-state index contributed by atoms with van der Waals surface area (Å²) in [5, 5.41) is 0. The lowest BCUT2D eigenvalue weighted by molar-refractivity contribution is 0.794. The van der Waals surface area contributed by atoms with Crippen molar-refractivity contribution in [1.29, 1.82) is 0 Å². The lowest BCUT2D eigenvalue weighted by Crippen LogP contribution is -2.25. The second-order valence-corrected chi connectivity index (χ2v) is 23.8. The SMILES string of the molecule is c1ccc(-c2cccc(-c3cccc(-c4ccc(-c5nc(-c6ccc(-c7cccc(-c8cccc(-c9ccc%10c(c9)C9(c%11ccccc%11-c%11ccccc%119)c9ccccc9-%10)c8)c7)cc6)nc(-c6cccc(-c7cccc(-c8ccccc8)c7)c6)n5)cc4)c3)c2)cc1. The molecule has 3 nitrogen and oxygen atoms in total. The normalized spacial score (nSPS) is 12.3. The molecule has 0 saturated carbocycles. The Morgan fingerprint density at radius 3 is 0.714 bits per heavy atom. The Hall–Kier alpha value is -11.9. The van der Waals surface area contributed by atoms with E-state index in [1.807, 2.05) is 0 Å². The Balaban J connectivity index is 0.694. The molecule has 0 bridgehead atoms. The predicted molar refractivity (Wildman–Crippen MR) is 376 cm³/mol. The average Bonchev–Trinajstić information content (AvgIpc) is 1.51.